The van der Waals surface area contributed by atoms with Crippen LogP contribution in [0.25, 0.3) is 0 Å². The number of hydrogen-bond donors (Lipinski definition) is 1. The van der Waals surface area contributed by atoms with E-state index in [0.29, 0.717) is 18.1 Å². The minimum Gasteiger partial charge on any atom is -0.354 e. The number of unbranched alkanes of at least 4 members (excludes halogenated alkanes) is 1. The number of rotatable bonds is 6. The average Bonchev–Trinajstić information content (AvgIpc) is 2.26. The van der Waals surface area contributed by atoms with E-state index in [0.717, 1.165) is 25.8 Å². The molecule has 1 aromatic rings. The molecule has 0 unspecified atom stereocenters. The van der Waals surface area contributed by atoms with Crippen molar-refractivity contribution in [2.45, 2.75) is 39.5 Å². The van der Waals surface area contributed by atoms with Crippen molar-refractivity contribution in [1.29, 1.82) is 0 Å². The highest BCUT2D eigenvalue weighted by Gasteiger charge is 2.05. The number of halogens is 1. The quantitative estimate of drug-likeness (QED) is 0.786. The van der Waals surface area contributed by atoms with Crippen LogP contribution in [0.15, 0.2) is 6.20 Å². The number of aryl methyl sites for hydroxylation is 1. The lowest BCUT2D eigenvalue weighted by atomic mass is 10.2. The van der Waals surface area contributed by atoms with E-state index in [1.54, 1.807) is 0 Å². The summed E-state index contributed by atoms with van der Waals surface area (Å²) in [7, 11) is 0. The first-order valence-electron chi connectivity index (χ1n) is 5.53. The van der Waals surface area contributed by atoms with E-state index in [4.69, 9.17) is 0 Å². The number of hydrogen-bond acceptors (Lipinski definition) is 3. The first-order chi connectivity index (χ1) is 7.27. The molecule has 0 aliphatic carbocycles. The standard InChI is InChI=1S/C11H18FN3/c1-3-5-6-10-9(12)8-14-11(15-10)13-7-4-2/h8H,3-7H2,1-2H3,(H,13,14,15). The molecular formula is C11H18FN3. The van der Waals surface area contributed by atoms with Gasteiger partial charge in [-0.3, -0.25) is 0 Å². The Bertz CT molecular complexity index is 302. The van der Waals surface area contributed by atoms with Gasteiger partial charge in [-0.2, -0.15) is 0 Å². The molecule has 3 nitrogen and oxygen atoms in total. The van der Waals surface area contributed by atoms with Gasteiger partial charge in [-0.1, -0.05) is 20.3 Å². The molecule has 0 radical (unpaired) electrons. The van der Waals surface area contributed by atoms with Crippen LogP contribution in [-0.2, 0) is 6.42 Å². The minimum atomic E-state index is -0.300. The Hall–Kier alpha value is -1.19. The van der Waals surface area contributed by atoms with Crippen LogP contribution < -0.4 is 5.32 Å². The monoisotopic (exact) mass is 211 g/mol. The molecule has 0 bridgehead atoms. The van der Waals surface area contributed by atoms with Gasteiger partial charge in [0.2, 0.25) is 5.95 Å². The van der Waals surface area contributed by atoms with Crippen LogP contribution in [0, 0.1) is 5.82 Å². The van der Waals surface area contributed by atoms with E-state index in [2.05, 4.69) is 29.1 Å². The highest BCUT2D eigenvalue weighted by atomic mass is 19.1. The molecule has 0 aromatic carbocycles. The zero-order chi connectivity index (χ0) is 11.1. The van der Waals surface area contributed by atoms with E-state index in [9.17, 15) is 4.39 Å². The highest BCUT2D eigenvalue weighted by molar-refractivity contribution is 5.25. The fraction of sp³-hybridized carbons (Fsp3) is 0.636. The highest BCUT2D eigenvalue weighted by Crippen LogP contribution is 2.09. The summed E-state index contributed by atoms with van der Waals surface area (Å²) in [5.74, 6) is 0.231. The molecule has 0 aliphatic heterocycles. The number of nitrogens with one attached hydrogen (secondary N) is 1. The SMILES string of the molecule is CCCCc1nc(NCCC)ncc1F. The van der Waals surface area contributed by atoms with Gasteiger partial charge in [0.15, 0.2) is 5.82 Å². The molecule has 0 saturated heterocycles. The van der Waals surface area contributed by atoms with Gasteiger partial charge in [-0.05, 0) is 19.3 Å². The Morgan fingerprint density at radius 1 is 1.33 bits per heavy atom. The normalized spacial score (nSPS) is 10.3. The summed E-state index contributed by atoms with van der Waals surface area (Å²) in [6, 6.07) is 0. The number of aromatic nitrogens is 2. The summed E-state index contributed by atoms with van der Waals surface area (Å²) in [5.41, 5.74) is 0.519. The van der Waals surface area contributed by atoms with Crippen LogP contribution in [0.1, 0.15) is 38.8 Å². The summed E-state index contributed by atoms with van der Waals surface area (Å²) < 4.78 is 13.3. The van der Waals surface area contributed by atoms with Gasteiger partial charge in [0.25, 0.3) is 0 Å². The maximum Gasteiger partial charge on any atom is 0.223 e. The summed E-state index contributed by atoms with van der Waals surface area (Å²) in [6.45, 7) is 4.96. The predicted molar refractivity (Wildman–Crippen MR) is 59.4 cm³/mol. The molecule has 84 valence electrons. The van der Waals surface area contributed by atoms with Crippen LogP contribution >= 0.6 is 0 Å². The molecule has 4 heteroatoms. The van der Waals surface area contributed by atoms with Gasteiger partial charge < -0.3 is 5.32 Å². The lowest BCUT2D eigenvalue weighted by Gasteiger charge is -2.05. The molecule has 15 heavy (non-hydrogen) atoms. The molecule has 0 spiro atoms. The Labute approximate surface area is 90.1 Å². The molecule has 1 N–H and O–H groups in total. The Morgan fingerprint density at radius 3 is 2.80 bits per heavy atom. The number of nitrogens with zero attached hydrogens (tertiary/aromatic N) is 2. The van der Waals surface area contributed by atoms with Crippen molar-refractivity contribution in [3.05, 3.63) is 17.7 Å². The first-order valence-corrected chi connectivity index (χ1v) is 5.53. The summed E-state index contributed by atoms with van der Waals surface area (Å²) in [6.07, 6.45) is 4.94. The fourth-order valence-corrected chi connectivity index (χ4v) is 1.24. The molecule has 0 fully saturated rings. The smallest absolute Gasteiger partial charge is 0.223 e. The van der Waals surface area contributed by atoms with E-state index in [1.807, 2.05) is 0 Å². The lowest BCUT2D eigenvalue weighted by molar-refractivity contribution is 0.583. The van der Waals surface area contributed by atoms with Crippen LogP contribution in [-0.4, -0.2) is 16.5 Å². The molecule has 0 amide bonds. The molecule has 1 aromatic heterocycles. The van der Waals surface area contributed by atoms with Crippen molar-refractivity contribution in [2.75, 3.05) is 11.9 Å². The summed E-state index contributed by atoms with van der Waals surface area (Å²) in [5, 5.41) is 3.05. The fourth-order valence-electron chi connectivity index (χ4n) is 1.24. The van der Waals surface area contributed by atoms with Crippen molar-refractivity contribution >= 4 is 5.95 Å². The van der Waals surface area contributed by atoms with Crippen molar-refractivity contribution in [3.8, 4) is 0 Å². The van der Waals surface area contributed by atoms with Crippen LogP contribution in [0.2, 0.25) is 0 Å². The van der Waals surface area contributed by atoms with Crippen LogP contribution in [0.4, 0.5) is 10.3 Å². The zero-order valence-corrected chi connectivity index (χ0v) is 9.39. The van der Waals surface area contributed by atoms with Gasteiger partial charge in [-0.15, -0.1) is 0 Å². The van der Waals surface area contributed by atoms with E-state index in [1.165, 1.54) is 6.20 Å². The van der Waals surface area contributed by atoms with Crippen molar-refractivity contribution in [2.24, 2.45) is 0 Å². The van der Waals surface area contributed by atoms with Gasteiger partial charge in [-0.25, -0.2) is 14.4 Å². The van der Waals surface area contributed by atoms with E-state index < -0.39 is 0 Å². The van der Waals surface area contributed by atoms with Gasteiger partial charge >= 0.3 is 0 Å². The largest absolute Gasteiger partial charge is 0.354 e. The first kappa shape index (κ1) is 11.9. The van der Waals surface area contributed by atoms with Crippen molar-refractivity contribution in [3.63, 3.8) is 0 Å². The topological polar surface area (TPSA) is 37.8 Å². The van der Waals surface area contributed by atoms with E-state index in [-0.39, 0.29) is 5.82 Å². The minimum absolute atomic E-state index is 0.300. The third-order valence-corrected chi connectivity index (χ3v) is 2.12. The summed E-state index contributed by atoms with van der Waals surface area (Å²) in [4.78, 5) is 8.04. The molecule has 1 heterocycles. The third kappa shape index (κ3) is 3.81. The van der Waals surface area contributed by atoms with Gasteiger partial charge in [0.05, 0.1) is 11.9 Å². The van der Waals surface area contributed by atoms with Gasteiger partial charge in [0, 0.05) is 6.54 Å². The van der Waals surface area contributed by atoms with Crippen LogP contribution in [0.5, 0.6) is 0 Å². The molecule has 0 aliphatic rings. The second-order valence-electron chi connectivity index (χ2n) is 3.52. The van der Waals surface area contributed by atoms with Crippen LogP contribution in [0.3, 0.4) is 0 Å². The molecule has 0 saturated carbocycles. The third-order valence-electron chi connectivity index (χ3n) is 2.12. The summed E-state index contributed by atoms with van der Waals surface area (Å²) >= 11 is 0. The second-order valence-corrected chi connectivity index (χ2v) is 3.52. The maximum absolute atomic E-state index is 13.3. The lowest BCUT2D eigenvalue weighted by Crippen LogP contribution is -2.07. The zero-order valence-electron chi connectivity index (χ0n) is 9.39. The van der Waals surface area contributed by atoms with Gasteiger partial charge in [0.1, 0.15) is 0 Å². The second kappa shape index (κ2) is 6.32. The average molecular weight is 211 g/mol. The predicted octanol–water partition coefficient (Wildman–Crippen LogP) is 2.78. The molecule has 1 rings (SSSR count). The Kier molecular flexibility index (Phi) is 5.01. The maximum atomic E-state index is 13.3. The Morgan fingerprint density at radius 2 is 2.13 bits per heavy atom. The van der Waals surface area contributed by atoms with Crippen molar-refractivity contribution in [1.82, 2.24) is 9.97 Å². The molecule has 0 atom stereocenters. The van der Waals surface area contributed by atoms with E-state index >= 15 is 0 Å². The Balaban J connectivity index is 2.66. The number of anilines is 1. The van der Waals surface area contributed by atoms with Crippen molar-refractivity contribution < 1.29 is 4.39 Å². The molecular weight excluding hydrogens is 193 g/mol.